The van der Waals surface area contributed by atoms with Crippen molar-refractivity contribution in [1.29, 1.82) is 0 Å². The van der Waals surface area contributed by atoms with Crippen LogP contribution in [0.4, 0.5) is 5.69 Å². The lowest BCUT2D eigenvalue weighted by molar-refractivity contribution is -0.268. The predicted octanol–water partition coefficient (Wildman–Crippen LogP) is 6.26. The summed E-state index contributed by atoms with van der Waals surface area (Å²) >= 11 is 1.58. The first-order chi connectivity index (χ1) is 20.2. The molecule has 218 valence electrons. The molecule has 1 aliphatic rings. The number of hydrogen-bond acceptors (Lipinski definition) is 7. The minimum Gasteiger partial charge on any atom is -0.478 e. The third-order valence-electron chi connectivity index (χ3n) is 7.13. The van der Waals surface area contributed by atoms with Crippen molar-refractivity contribution in [2.45, 2.75) is 41.8 Å². The lowest BCUT2D eigenvalue weighted by Crippen LogP contribution is -2.38. The van der Waals surface area contributed by atoms with Gasteiger partial charge >= 0.3 is 5.97 Å². The first-order valence-electron chi connectivity index (χ1n) is 13.4. The standard InChI is InChI=1S/C32H31NO7S2/c1-21-29(20-41-27-17-13-24(14-18-27)31(35)36)39-32(40-30(21)23-9-7-22(19-34)8-10-23)25-11-15-26(16-12-25)33-42(37,38)28-5-3-2-4-6-28/h2-18,21,29-30,32-34H,19-20H2,1H3,(H,35,36). The number of thioether (sulfide) groups is 1. The third-order valence-corrected chi connectivity index (χ3v) is 9.63. The first-order valence-corrected chi connectivity index (χ1v) is 15.8. The number of carboxylic acid groups (broad SMARTS) is 1. The topological polar surface area (TPSA) is 122 Å². The molecular formula is C32H31NO7S2. The predicted molar refractivity (Wildman–Crippen MR) is 161 cm³/mol. The number of carbonyl (C=O) groups is 1. The fourth-order valence-electron chi connectivity index (χ4n) is 4.70. The van der Waals surface area contributed by atoms with E-state index in [1.54, 1.807) is 78.5 Å². The summed E-state index contributed by atoms with van der Waals surface area (Å²) in [6.07, 6.45) is -1.22. The van der Waals surface area contributed by atoms with Crippen LogP contribution in [-0.4, -0.2) is 36.5 Å². The summed E-state index contributed by atoms with van der Waals surface area (Å²) < 4.78 is 41.0. The van der Waals surface area contributed by atoms with Crippen LogP contribution in [0.5, 0.6) is 0 Å². The number of anilines is 1. The van der Waals surface area contributed by atoms with Crippen molar-refractivity contribution < 1.29 is 32.9 Å². The van der Waals surface area contributed by atoms with Crippen LogP contribution in [0.2, 0.25) is 0 Å². The molecule has 0 saturated carbocycles. The number of carboxylic acids is 1. The molecule has 0 radical (unpaired) electrons. The van der Waals surface area contributed by atoms with E-state index in [4.69, 9.17) is 9.47 Å². The highest BCUT2D eigenvalue weighted by Gasteiger charge is 2.38. The molecule has 1 aliphatic heterocycles. The van der Waals surface area contributed by atoms with E-state index < -0.39 is 22.3 Å². The number of rotatable bonds is 10. The largest absolute Gasteiger partial charge is 0.478 e. The highest BCUT2D eigenvalue weighted by atomic mass is 32.2. The van der Waals surface area contributed by atoms with Crippen LogP contribution in [0.15, 0.2) is 113 Å². The van der Waals surface area contributed by atoms with Crippen molar-refractivity contribution in [2.75, 3.05) is 10.5 Å². The van der Waals surface area contributed by atoms with Crippen molar-refractivity contribution >= 4 is 33.4 Å². The van der Waals surface area contributed by atoms with Crippen molar-refractivity contribution in [2.24, 2.45) is 5.92 Å². The molecule has 8 nitrogen and oxygen atoms in total. The number of aliphatic hydroxyl groups excluding tert-OH is 1. The molecule has 1 saturated heterocycles. The highest BCUT2D eigenvalue weighted by Crippen LogP contribution is 2.43. The Hall–Kier alpha value is -3.67. The van der Waals surface area contributed by atoms with E-state index in [1.807, 2.05) is 24.3 Å². The quantitative estimate of drug-likeness (QED) is 0.181. The Balaban J connectivity index is 1.35. The number of nitrogens with one attached hydrogen (secondary N) is 1. The van der Waals surface area contributed by atoms with Crippen LogP contribution < -0.4 is 4.72 Å². The number of aliphatic hydroxyl groups is 1. The molecule has 4 aromatic carbocycles. The molecule has 3 N–H and O–H groups in total. The van der Waals surface area contributed by atoms with Crippen LogP contribution in [-0.2, 0) is 26.1 Å². The molecule has 1 heterocycles. The van der Waals surface area contributed by atoms with Gasteiger partial charge in [-0.15, -0.1) is 11.8 Å². The van der Waals surface area contributed by atoms with Gasteiger partial charge in [0.2, 0.25) is 0 Å². The van der Waals surface area contributed by atoms with Gasteiger partial charge in [-0.25, -0.2) is 13.2 Å². The molecule has 10 heteroatoms. The fourth-order valence-corrected chi connectivity index (χ4v) is 6.85. The molecule has 4 atom stereocenters. The molecule has 0 spiro atoms. The average molecular weight is 606 g/mol. The fraction of sp³-hybridized carbons (Fsp3) is 0.219. The average Bonchev–Trinajstić information content (AvgIpc) is 3.01. The van der Waals surface area contributed by atoms with E-state index in [1.165, 1.54) is 12.1 Å². The molecule has 4 aromatic rings. The monoisotopic (exact) mass is 605 g/mol. The summed E-state index contributed by atoms with van der Waals surface area (Å²) in [5, 5.41) is 18.7. The Morgan fingerprint density at radius 3 is 2.12 bits per heavy atom. The summed E-state index contributed by atoms with van der Waals surface area (Å²) in [7, 11) is -3.72. The molecule has 42 heavy (non-hydrogen) atoms. The number of aromatic carboxylic acids is 1. The van der Waals surface area contributed by atoms with Gasteiger partial charge in [0.05, 0.1) is 29.3 Å². The second-order valence-electron chi connectivity index (χ2n) is 10.0. The van der Waals surface area contributed by atoms with Crippen molar-refractivity contribution in [3.05, 3.63) is 125 Å². The smallest absolute Gasteiger partial charge is 0.335 e. The molecule has 0 bridgehead atoms. The maximum absolute atomic E-state index is 12.7. The first kappa shape index (κ1) is 29.8. The van der Waals surface area contributed by atoms with Crippen molar-refractivity contribution in [3.8, 4) is 0 Å². The van der Waals surface area contributed by atoms with E-state index in [9.17, 15) is 23.4 Å². The van der Waals surface area contributed by atoms with Gasteiger partial charge in [0.15, 0.2) is 6.29 Å². The Morgan fingerprint density at radius 2 is 1.50 bits per heavy atom. The second kappa shape index (κ2) is 13.1. The van der Waals surface area contributed by atoms with Gasteiger partial charge < -0.3 is 19.7 Å². The van der Waals surface area contributed by atoms with E-state index in [-0.39, 0.29) is 35.2 Å². The number of benzene rings is 4. The summed E-state index contributed by atoms with van der Waals surface area (Å²) in [6.45, 7) is 2.02. The SMILES string of the molecule is CC1C(CSc2ccc(C(=O)O)cc2)OC(c2ccc(NS(=O)(=O)c3ccccc3)cc2)OC1c1ccc(CO)cc1. The Kier molecular flexibility index (Phi) is 9.30. The Morgan fingerprint density at radius 1 is 0.857 bits per heavy atom. The van der Waals surface area contributed by atoms with Crippen LogP contribution in [0, 0.1) is 5.92 Å². The summed E-state index contributed by atoms with van der Waals surface area (Å²) in [5.74, 6) is -0.387. The van der Waals surface area contributed by atoms with E-state index in [2.05, 4.69) is 11.6 Å². The molecule has 0 aliphatic carbocycles. The molecule has 5 rings (SSSR count). The van der Waals surface area contributed by atoms with E-state index in [0.717, 1.165) is 21.6 Å². The zero-order valence-corrected chi connectivity index (χ0v) is 24.4. The second-order valence-corrected chi connectivity index (χ2v) is 12.8. The van der Waals surface area contributed by atoms with Crippen LogP contribution in [0.1, 0.15) is 46.4 Å². The minimum atomic E-state index is -3.72. The lowest BCUT2D eigenvalue weighted by Gasteiger charge is -2.41. The summed E-state index contributed by atoms with van der Waals surface area (Å²) in [5.41, 5.74) is 3.15. The van der Waals surface area contributed by atoms with Crippen molar-refractivity contribution in [3.63, 3.8) is 0 Å². The zero-order valence-electron chi connectivity index (χ0n) is 22.8. The number of hydrogen-bond donors (Lipinski definition) is 3. The number of sulfonamides is 1. The highest BCUT2D eigenvalue weighted by molar-refractivity contribution is 7.99. The lowest BCUT2D eigenvalue weighted by atomic mass is 9.91. The molecule has 4 unspecified atom stereocenters. The zero-order chi connectivity index (χ0) is 29.7. The van der Waals surface area contributed by atoms with Gasteiger partial charge in [-0.3, -0.25) is 4.72 Å². The molecule has 0 amide bonds. The van der Waals surface area contributed by atoms with Gasteiger partial charge in [-0.1, -0.05) is 61.5 Å². The van der Waals surface area contributed by atoms with Gasteiger partial charge in [-0.2, -0.15) is 0 Å². The van der Waals surface area contributed by atoms with Gasteiger partial charge in [0, 0.05) is 27.8 Å². The van der Waals surface area contributed by atoms with Crippen LogP contribution >= 0.6 is 11.8 Å². The van der Waals surface area contributed by atoms with Gasteiger partial charge in [-0.05, 0) is 59.7 Å². The maximum atomic E-state index is 12.7. The summed E-state index contributed by atoms with van der Waals surface area (Å²) in [6, 6.07) is 29.5. The maximum Gasteiger partial charge on any atom is 0.335 e. The van der Waals surface area contributed by atoms with E-state index >= 15 is 0 Å². The molecule has 0 aromatic heterocycles. The minimum absolute atomic E-state index is 0.0241. The van der Waals surface area contributed by atoms with Crippen LogP contribution in [0.3, 0.4) is 0 Å². The normalized spacial score (nSPS) is 20.6. The van der Waals surface area contributed by atoms with E-state index in [0.29, 0.717) is 11.4 Å². The van der Waals surface area contributed by atoms with Gasteiger partial charge in [0.1, 0.15) is 0 Å². The van der Waals surface area contributed by atoms with Crippen LogP contribution in [0.25, 0.3) is 0 Å². The Bertz CT molecular complexity index is 1590. The van der Waals surface area contributed by atoms with Crippen molar-refractivity contribution in [1.82, 2.24) is 0 Å². The number of ether oxygens (including phenoxy) is 2. The Labute approximate surface area is 249 Å². The third kappa shape index (κ3) is 7.03. The van der Waals surface area contributed by atoms with Gasteiger partial charge in [0.25, 0.3) is 10.0 Å². The molecular weight excluding hydrogens is 574 g/mol. The summed E-state index contributed by atoms with van der Waals surface area (Å²) in [4.78, 5) is 12.3. The molecule has 1 fully saturated rings.